The Kier molecular flexibility index (Phi) is 4.93. The number of halogens is 2. The third-order valence-electron chi connectivity index (χ3n) is 2.73. The highest BCUT2D eigenvalue weighted by molar-refractivity contribution is 6.35. The summed E-state index contributed by atoms with van der Waals surface area (Å²) >= 11 is 11.9. The van der Waals surface area contributed by atoms with Gasteiger partial charge in [-0.25, -0.2) is 0 Å². The Labute approximate surface area is 127 Å². The number of hydrogen-bond acceptors (Lipinski definition) is 3. The van der Waals surface area contributed by atoms with Gasteiger partial charge in [0.2, 0.25) is 0 Å². The van der Waals surface area contributed by atoms with Crippen LogP contribution in [-0.4, -0.2) is 22.6 Å². The largest absolute Gasteiger partial charge is 0.350 e. The van der Waals surface area contributed by atoms with Gasteiger partial charge in [-0.1, -0.05) is 29.3 Å². The summed E-state index contributed by atoms with van der Waals surface area (Å²) in [6, 6.07) is 8.70. The standard InChI is InChI=1S/C14H13Cl2N3O/c1-9-2-5-13(19-18-9)14(20)17-7-6-10-3-4-11(15)8-12(10)16/h2-5,8H,6-7H2,1H3,(H,17,20). The maximum absolute atomic E-state index is 11.8. The highest BCUT2D eigenvalue weighted by atomic mass is 35.5. The lowest BCUT2D eigenvalue weighted by atomic mass is 10.1. The zero-order valence-corrected chi connectivity index (χ0v) is 12.4. The van der Waals surface area contributed by atoms with Crippen LogP contribution in [-0.2, 0) is 6.42 Å². The van der Waals surface area contributed by atoms with Crippen LogP contribution in [0.3, 0.4) is 0 Å². The summed E-state index contributed by atoms with van der Waals surface area (Å²) in [6.07, 6.45) is 0.626. The highest BCUT2D eigenvalue weighted by Crippen LogP contribution is 2.21. The van der Waals surface area contributed by atoms with E-state index in [1.54, 1.807) is 24.3 Å². The van der Waals surface area contributed by atoms with Crippen LogP contribution in [0.5, 0.6) is 0 Å². The van der Waals surface area contributed by atoms with Crippen molar-refractivity contribution in [1.82, 2.24) is 15.5 Å². The molecule has 0 atom stereocenters. The van der Waals surface area contributed by atoms with E-state index in [2.05, 4.69) is 15.5 Å². The van der Waals surface area contributed by atoms with Crippen LogP contribution in [0.4, 0.5) is 0 Å². The second-order valence-electron chi connectivity index (χ2n) is 4.30. The zero-order valence-electron chi connectivity index (χ0n) is 10.9. The first-order valence-electron chi connectivity index (χ1n) is 6.09. The molecule has 1 aromatic carbocycles. The zero-order chi connectivity index (χ0) is 14.5. The van der Waals surface area contributed by atoms with Crippen molar-refractivity contribution in [2.75, 3.05) is 6.54 Å². The molecule has 20 heavy (non-hydrogen) atoms. The van der Waals surface area contributed by atoms with Gasteiger partial charge in [0.15, 0.2) is 5.69 Å². The van der Waals surface area contributed by atoms with E-state index in [-0.39, 0.29) is 5.91 Å². The van der Waals surface area contributed by atoms with E-state index in [0.717, 1.165) is 11.3 Å². The van der Waals surface area contributed by atoms with E-state index in [1.807, 2.05) is 13.0 Å². The van der Waals surface area contributed by atoms with Crippen LogP contribution >= 0.6 is 23.2 Å². The van der Waals surface area contributed by atoms with Gasteiger partial charge in [0.25, 0.3) is 5.91 Å². The van der Waals surface area contributed by atoms with Gasteiger partial charge in [-0.3, -0.25) is 4.79 Å². The first kappa shape index (κ1) is 14.8. The molecule has 104 valence electrons. The molecule has 6 heteroatoms. The fraction of sp³-hybridized carbons (Fsp3) is 0.214. The summed E-state index contributed by atoms with van der Waals surface area (Å²) in [7, 11) is 0. The first-order chi connectivity index (χ1) is 9.56. The molecule has 0 saturated carbocycles. The van der Waals surface area contributed by atoms with Gasteiger partial charge in [0.1, 0.15) is 0 Å². The van der Waals surface area contributed by atoms with Gasteiger partial charge in [-0.15, -0.1) is 5.10 Å². The second-order valence-corrected chi connectivity index (χ2v) is 5.15. The maximum Gasteiger partial charge on any atom is 0.271 e. The number of nitrogens with zero attached hydrogens (tertiary/aromatic N) is 2. The van der Waals surface area contributed by atoms with Gasteiger partial charge in [-0.05, 0) is 43.2 Å². The van der Waals surface area contributed by atoms with E-state index in [4.69, 9.17) is 23.2 Å². The minimum absolute atomic E-state index is 0.248. The Hall–Kier alpha value is -1.65. The van der Waals surface area contributed by atoms with Crippen LogP contribution in [0.15, 0.2) is 30.3 Å². The van der Waals surface area contributed by atoms with Crippen molar-refractivity contribution in [3.05, 3.63) is 57.3 Å². The van der Waals surface area contributed by atoms with Crippen molar-refractivity contribution >= 4 is 29.1 Å². The predicted molar refractivity (Wildman–Crippen MR) is 79.3 cm³/mol. The third kappa shape index (κ3) is 3.92. The molecule has 0 radical (unpaired) electrons. The molecule has 1 heterocycles. The number of benzene rings is 1. The quantitative estimate of drug-likeness (QED) is 0.944. The fourth-order valence-corrected chi connectivity index (χ4v) is 2.15. The summed E-state index contributed by atoms with van der Waals surface area (Å²) in [6.45, 7) is 2.28. The number of rotatable bonds is 4. The lowest BCUT2D eigenvalue weighted by Crippen LogP contribution is -2.26. The SMILES string of the molecule is Cc1ccc(C(=O)NCCc2ccc(Cl)cc2Cl)nn1. The Morgan fingerprint density at radius 2 is 2.00 bits per heavy atom. The lowest BCUT2D eigenvalue weighted by molar-refractivity contribution is 0.0948. The summed E-state index contributed by atoms with van der Waals surface area (Å²) in [4.78, 5) is 11.8. The predicted octanol–water partition coefficient (Wildman–Crippen LogP) is 3.06. The first-order valence-corrected chi connectivity index (χ1v) is 6.84. The molecule has 1 aromatic heterocycles. The molecule has 0 spiro atoms. The second kappa shape index (κ2) is 6.68. The van der Waals surface area contributed by atoms with E-state index in [1.165, 1.54) is 0 Å². The van der Waals surface area contributed by atoms with E-state index in [0.29, 0.717) is 28.7 Å². The van der Waals surface area contributed by atoms with Crippen molar-refractivity contribution in [2.24, 2.45) is 0 Å². The fourth-order valence-electron chi connectivity index (χ4n) is 1.65. The lowest BCUT2D eigenvalue weighted by Gasteiger charge is -2.06. The van der Waals surface area contributed by atoms with Gasteiger partial charge in [-0.2, -0.15) is 5.10 Å². The molecule has 0 bridgehead atoms. The number of carbonyl (C=O) groups excluding carboxylic acids is 1. The molecule has 2 rings (SSSR count). The topological polar surface area (TPSA) is 54.9 Å². The number of nitrogens with one attached hydrogen (secondary N) is 1. The van der Waals surface area contributed by atoms with Crippen LogP contribution in [0.1, 0.15) is 21.7 Å². The molecule has 1 amide bonds. The maximum atomic E-state index is 11.8. The molecule has 1 N–H and O–H groups in total. The molecule has 2 aromatic rings. The molecule has 0 saturated heterocycles. The Morgan fingerprint density at radius 1 is 1.20 bits per heavy atom. The van der Waals surface area contributed by atoms with Crippen molar-refractivity contribution in [1.29, 1.82) is 0 Å². The van der Waals surface area contributed by atoms with E-state index < -0.39 is 0 Å². The average Bonchev–Trinajstić information content (AvgIpc) is 2.42. The molecular weight excluding hydrogens is 297 g/mol. The third-order valence-corrected chi connectivity index (χ3v) is 3.31. The van der Waals surface area contributed by atoms with E-state index in [9.17, 15) is 4.79 Å². The van der Waals surface area contributed by atoms with Crippen molar-refractivity contribution in [3.63, 3.8) is 0 Å². The Morgan fingerprint density at radius 3 is 2.65 bits per heavy atom. The van der Waals surface area contributed by atoms with Crippen molar-refractivity contribution in [3.8, 4) is 0 Å². The monoisotopic (exact) mass is 309 g/mol. The smallest absolute Gasteiger partial charge is 0.271 e. The van der Waals surface area contributed by atoms with Crippen LogP contribution in [0.2, 0.25) is 10.0 Å². The number of aryl methyl sites for hydroxylation is 1. The minimum Gasteiger partial charge on any atom is -0.350 e. The van der Waals surface area contributed by atoms with Gasteiger partial charge in [0.05, 0.1) is 5.69 Å². The molecule has 0 fully saturated rings. The molecule has 0 aliphatic rings. The number of amides is 1. The molecule has 0 aliphatic heterocycles. The molecule has 4 nitrogen and oxygen atoms in total. The van der Waals surface area contributed by atoms with Crippen molar-refractivity contribution in [2.45, 2.75) is 13.3 Å². The van der Waals surface area contributed by atoms with Crippen LogP contribution < -0.4 is 5.32 Å². The van der Waals surface area contributed by atoms with Gasteiger partial charge in [0, 0.05) is 16.6 Å². The van der Waals surface area contributed by atoms with Crippen molar-refractivity contribution < 1.29 is 4.79 Å². The van der Waals surface area contributed by atoms with Crippen LogP contribution in [0.25, 0.3) is 0 Å². The highest BCUT2D eigenvalue weighted by Gasteiger charge is 2.07. The van der Waals surface area contributed by atoms with Crippen LogP contribution in [0, 0.1) is 6.92 Å². The molecule has 0 unspecified atom stereocenters. The molecular formula is C14H13Cl2N3O. The summed E-state index contributed by atoms with van der Waals surface area (Å²) in [5, 5.41) is 11.6. The number of hydrogen-bond donors (Lipinski definition) is 1. The normalized spacial score (nSPS) is 10.3. The van der Waals surface area contributed by atoms with E-state index >= 15 is 0 Å². The average molecular weight is 310 g/mol. The van der Waals surface area contributed by atoms with Gasteiger partial charge < -0.3 is 5.32 Å². The van der Waals surface area contributed by atoms with Gasteiger partial charge >= 0.3 is 0 Å². The Balaban J connectivity index is 1.89. The summed E-state index contributed by atoms with van der Waals surface area (Å²) in [5.74, 6) is -0.248. The Bertz CT molecular complexity index is 614. The minimum atomic E-state index is -0.248. The number of carbonyl (C=O) groups is 1. The number of aromatic nitrogens is 2. The molecule has 0 aliphatic carbocycles. The summed E-state index contributed by atoms with van der Waals surface area (Å²) in [5.41, 5.74) is 2.01. The summed E-state index contributed by atoms with van der Waals surface area (Å²) < 4.78 is 0.